The monoisotopic (exact) mass is 624 g/mol. The number of ether oxygens (including phenoxy) is 1. The minimum absolute atomic E-state index is 0.0251. The lowest BCUT2D eigenvalue weighted by atomic mass is 9.83. The Bertz CT molecular complexity index is 1470. The van der Waals surface area contributed by atoms with E-state index in [0.29, 0.717) is 48.5 Å². The quantitative estimate of drug-likeness (QED) is 0.343. The van der Waals surface area contributed by atoms with Crippen LogP contribution in [0.25, 0.3) is 0 Å². The maximum atomic E-state index is 13.1. The fourth-order valence-corrected chi connectivity index (χ4v) is 7.65. The average Bonchev–Trinajstić information content (AvgIpc) is 3.41. The number of hydrogen-bond acceptors (Lipinski definition) is 8. The molecule has 0 radical (unpaired) electrons. The Morgan fingerprint density at radius 1 is 1.24 bits per heavy atom. The van der Waals surface area contributed by atoms with Gasteiger partial charge in [0.1, 0.15) is 11.4 Å². The van der Waals surface area contributed by atoms with Gasteiger partial charge in [-0.25, -0.2) is 9.97 Å². The van der Waals surface area contributed by atoms with Crippen molar-refractivity contribution in [3.05, 3.63) is 69.2 Å². The first kappa shape index (κ1) is 30.7. The molecular formula is C28H33F3N5O4S2+. The van der Waals surface area contributed by atoms with E-state index >= 15 is 0 Å². The van der Waals surface area contributed by atoms with Crippen molar-refractivity contribution in [2.45, 2.75) is 75.4 Å². The van der Waals surface area contributed by atoms with E-state index in [2.05, 4.69) is 25.2 Å². The number of amides is 1. The third kappa shape index (κ3) is 6.27. The summed E-state index contributed by atoms with van der Waals surface area (Å²) in [5.74, 6) is -1.27. The van der Waals surface area contributed by atoms with Crippen LogP contribution in [-0.4, -0.2) is 55.3 Å². The lowest BCUT2D eigenvalue weighted by Gasteiger charge is -2.47. The van der Waals surface area contributed by atoms with Gasteiger partial charge in [-0.15, -0.1) is 11.3 Å². The number of thiophene rings is 1. The van der Waals surface area contributed by atoms with Gasteiger partial charge in [0.05, 0.1) is 29.4 Å². The number of nitrogens with one attached hydrogen (secondary N) is 1. The van der Waals surface area contributed by atoms with Crippen LogP contribution >= 0.6 is 11.3 Å². The van der Waals surface area contributed by atoms with E-state index in [0.717, 1.165) is 10.4 Å². The number of hydrogen-bond donors (Lipinski definition) is 2. The van der Waals surface area contributed by atoms with Gasteiger partial charge in [0.15, 0.2) is 0 Å². The van der Waals surface area contributed by atoms with Crippen molar-refractivity contribution >= 4 is 27.5 Å². The molecule has 1 spiro atoms. The Morgan fingerprint density at radius 3 is 2.52 bits per heavy atom. The Balaban J connectivity index is 1.25. The van der Waals surface area contributed by atoms with Gasteiger partial charge in [-0.1, -0.05) is 4.21 Å². The van der Waals surface area contributed by atoms with Gasteiger partial charge >= 0.3 is 6.18 Å². The highest BCUT2D eigenvalue weighted by Gasteiger charge is 2.45. The first-order chi connectivity index (χ1) is 19.8. The molecule has 3 atom stereocenters. The molecule has 1 saturated heterocycles. The molecule has 3 aromatic rings. The molecule has 5 heterocycles. The number of aromatic nitrogens is 3. The van der Waals surface area contributed by atoms with Crippen LogP contribution in [-0.2, 0) is 43.9 Å². The van der Waals surface area contributed by atoms with Crippen molar-refractivity contribution in [2.24, 2.45) is 0 Å². The van der Waals surface area contributed by atoms with E-state index in [4.69, 9.17) is 4.74 Å². The molecule has 3 aromatic heterocycles. The minimum Gasteiger partial charge on any atom is -0.366 e. The number of likely N-dealkylation sites (tertiary alicyclic amines) is 1. The molecule has 0 saturated carbocycles. The molecule has 0 bridgehead atoms. The molecule has 14 heteroatoms. The predicted molar refractivity (Wildman–Crippen MR) is 151 cm³/mol. The van der Waals surface area contributed by atoms with Crippen molar-refractivity contribution in [2.75, 3.05) is 18.8 Å². The van der Waals surface area contributed by atoms with Crippen LogP contribution in [0.15, 0.2) is 41.7 Å². The Morgan fingerprint density at radius 2 is 1.93 bits per heavy atom. The zero-order valence-corrected chi connectivity index (χ0v) is 25.1. The second-order valence-electron chi connectivity index (χ2n) is 10.7. The second-order valence-corrected chi connectivity index (χ2v) is 14.1. The predicted octanol–water partition coefficient (Wildman–Crippen LogP) is 5.25. The summed E-state index contributed by atoms with van der Waals surface area (Å²) in [5, 5.41) is 2.90. The molecule has 3 unspecified atom stereocenters. The number of carbonyl (C=O) groups is 1. The highest BCUT2D eigenvalue weighted by atomic mass is 32.3. The summed E-state index contributed by atoms with van der Waals surface area (Å²) < 4.78 is 67.2. The first-order valence-electron chi connectivity index (χ1n) is 13.7. The van der Waals surface area contributed by atoms with Crippen molar-refractivity contribution < 1.29 is 31.5 Å². The summed E-state index contributed by atoms with van der Waals surface area (Å²) in [6.45, 7) is 7.09. The zero-order valence-electron chi connectivity index (χ0n) is 23.5. The highest BCUT2D eigenvalue weighted by molar-refractivity contribution is 7.97. The number of halogens is 3. The highest BCUT2D eigenvalue weighted by Crippen LogP contribution is 2.48. The molecule has 2 aliphatic heterocycles. The van der Waals surface area contributed by atoms with Gasteiger partial charge in [-0.2, -0.15) is 17.7 Å². The Kier molecular flexibility index (Phi) is 8.56. The molecule has 0 aromatic carbocycles. The largest absolute Gasteiger partial charge is 0.451 e. The van der Waals surface area contributed by atoms with Gasteiger partial charge in [0.25, 0.3) is 5.91 Å². The molecule has 9 nitrogen and oxygen atoms in total. The third-order valence-corrected chi connectivity index (χ3v) is 11.1. The fourth-order valence-electron chi connectivity index (χ4n) is 5.53. The standard InChI is InChI=1S/C28H32F3N5O4S2/c1-4-42(38,39)22-6-5-21(32-16-22)15-33-25(37)23-12-19-11-17(2)40-27(24(19)41-23)7-9-36(10-8-27)18(3)20-13-34-26(35-14-20)28(29,30)31/h5-6,12-14,16-18H,4,7-11,15H2,1-3H3,(H-,33,37,38,39)/p+1. The Labute approximate surface area is 247 Å². The first-order valence-corrected chi connectivity index (χ1v) is 16.2. The lowest BCUT2D eigenvalue weighted by molar-refractivity contribution is -0.145. The van der Waals surface area contributed by atoms with Gasteiger partial charge in [0, 0.05) is 42.0 Å². The molecule has 2 N–H and O–H groups in total. The number of alkyl halides is 3. The number of pyridine rings is 1. The molecular weight excluding hydrogens is 591 g/mol. The summed E-state index contributed by atoms with van der Waals surface area (Å²) >= 11 is 1.43. The second kappa shape index (κ2) is 11.7. The van der Waals surface area contributed by atoms with E-state index in [-0.39, 0.29) is 35.2 Å². The minimum atomic E-state index is -4.58. The van der Waals surface area contributed by atoms with Gasteiger partial charge in [0.2, 0.25) is 20.9 Å². The number of piperidine rings is 1. The molecule has 226 valence electrons. The van der Waals surface area contributed by atoms with E-state index in [1.54, 1.807) is 19.1 Å². The van der Waals surface area contributed by atoms with Crippen molar-refractivity contribution in [3.8, 4) is 0 Å². The van der Waals surface area contributed by atoms with Gasteiger partial charge < -0.3 is 10.1 Å². The van der Waals surface area contributed by atoms with Crippen molar-refractivity contribution in [1.82, 2.24) is 25.2 Å². The molecule has 1 fully saturated rings. The van der Waals surface area contributed by atoms with E-state index in [1.165, 1.54) is 29.9 Å². The molecule has 5 rings (SSSR count). The summed E-state index contributed by atoms with van der Waals surface area (Å²) in [6, 6.07) is 4.97. The van der Waals surface area contributed by atoms with Gasteiger partial charge in [-0.05, 0) is 63.8 Å². The maximum absolute atomic E-state index is 13.1. The van der Waals surface area contributed by atoms with Crippen LogP contribution in [0.1, 0.15) is 76.8 Å². The SMILES string of the molecule is CC[S+](=O)(O)c1ccc(CNC(=O)c2cc3c(s2)C2(CCN(C(C)c4cnc(C(F)(F)F)nc4)CC2)OC(C)C3)nc1. The van der Waals surface area contributed by atoms with E-state index < -0.39 is 27.8 Å². The fraction of sp³-hybridized carbons (Fsp3) is 0.500. The van der Waals surface area contributed by atoms with E-state index in [1.807, 2.05) is 19.9 Å². The smallest absolute Gasteiger partial charge is 0.366 e. The molecule has 0 aliphatic carbocycles. The topological polar surface area (TPSA) is 118 Å². The van der Waals surface area contributed by atoms with Crippen LogP contribution in [0.3, 0.4) is 0 Å². The zero-order chi connectivity index (χ0) is 30.3. The van der Waals surface area contributed by atoms with Crippen molar-refractivity contribution in [1.29, 1.82) is 0 Å². The van der Waals surface area contributed by atoms with Crippen molar-refractivity contribution in [3.63, 3.8) is 0 Å². The number of carbonyl (C=O) groups excluding carboxylic acids is 1. The molecule has 2 aliphatic rings. The summed E-state index contributed by atoms with van der Waals surface area (Å²) in [5.41, 5.74) is 1.76. The normalized spacial score (nSPS) is 21.0. The maximum Gasteiger partial charge on any atom is 0.451 e. The van der Waals surface area contributed by atoms with Crippen LogP contribution < -0.4 is 5.32 Å². The summed E-state index contributed by atoms with van der Waals surface area (Å²) in [7, 11) is -3.09. The van der Waals surface area contributed by atoms with Crippen LogP contribution in [0.2, 0.25) is 0 Å². The molecule has 42 heavy (non-hydrogen) atoms. The van der Waals surface area contributed by atoms with Crippen LogP contribution in [0, 0.1) is 0 Å². The van der Waals surface area contributed by atoms with Crippen LogP contribution in [0.4, 0.5) is 13.2 Å². The average molecular weight is 625 g/mol. The number of nitrogens with zero attached hydrogens (tertiary/aromatic N) is 4. The summed E-state index contributed by atoms with van der Waals surface area (Å²) in [6.07, 6.45) is 1.31. The molecule has 1 amide bonds. The summed E-state index contributed by atoms with van der Waals surface area (Å²) in [4.78, 5) is 28.4. The van der Waals surface area contributed by atoms with E-state index in [9.17, 15) is 26.7 Å². The number of fused-ring (bicyclic) bond motifs is 2. The third-order valence-electron chi connectivity index (χ3n) is 7.93. The Hall–Kier alpha value is -2.78. The van der Waals surface area contributed by atoms with Crippen LogP contribution in [0.5, 0.6) is 0 Å². The van der Waals surface area contributed by atoms with Gasteiger partial charge in [-0.3, -0.25) is 14.7 Å². The lowest BCUT2D eigenvalue weighted by Crippen LogP contribution is -2.48. The number of rotatable bonds is 7.